The van der Waals surface area contributed by atoms with E-state index in [0.29, 0.717) is 17.2 Å². The number of hydrogen-bond donors (Lipinski definition) is 1. The Morgan fingerprint density at radius 2 is 1.74 bits per heavy atom. The first-order valence-electron chi connectivity index (χ1n) is 11.1. The van der Waals surface area contributed by atoms with Gasteiger partial charge in [0, 0.05) is 40.7 Å². The summed E-state index contributed by atoms with van der Waals surface area (Å²) in [6, 6.07) is 15.4. The Bertz CT molecular complexity index is 1330. The monoisotopic (exact) mass is 511 g/mol. The van der Waals surface area contributed by atoms with Crippen molar-refractivity contribution in [2.45, 2.75) is 39.8 Å². The Kier molecular flexibility index (Phi) is 7.19. The number of carbonyl (C=O) groups is 2. The Balaban J connectivity index is 0.00000274. The summed E-state index contributed by atoms with van der Waals surface area (Å²) >= 11 is 3.33. The molecule has 3 heterocycles. The number of halogens is 1. The van der Waals surface area contributed by atoms with Gasteiger partial charge in [0.1, 0.15) is 10.0 Å². The van der Waals surface area contributed by atoms with Crippen molar-refractivity contribution in [1.82, 2.24) is 9.88 Å². The topological polar surface area (TPSA) is 62.3 Å². The summed E-state index contributed by atoms with van der Waals surface area (Å²) in [5.41, 5.74) is 4.48. The number of para-hydroxylation sites is 1. The average Bonchev–Trinajstić information content (AvgIpc) is 3.38. The van der Waals surface area contributed by atoms with Crippen LogP contribution in [0, 0.1) is 0 Å². The highest BCUT2D eigenvalue weighted by atomic mass is 35.5. The lowest BCUT2D eigenvalue weighted by Crippen LogP contribution is -2.35. The Hall–Kier alpha value is -2.58. The van der Waals surface area contributed by atoms with Crippen LogP contribution >= 0.6 is 35.1 Å². The summed E-state index contributed by atoms with van der Waals surface area (Å²) in [6.07, 6.45) is 0.943. The van der Waals surface area contributed by atoms with Crippen molar-refractivity contribution in [2.24, 2.45) is 0 Å². The number of thiophene rings is 1. The molecule has 1 aliphatic rings. The van der Waals surface area contributed by atoms with Gasteiger partial charge in [-0.15, -0.1) is 35.1 Å². The Morgan fingerprint density at radius 1 is 1.03 bits per heavy atom. The van der Waals surface area contributed by atoms with Gasteiger partial charge in [0.15, 0.2) is 5.78 Å². The van der Waals surface area contributed by atoms with Crippen molar-refractivity contribution in [3.63, 3.8) is 0 Å². The summed E-state index contributed by atoms with van der Waals surface area (Å²) < 4.78 is 1.14. The first-order chi connectivity index (χ1) is 15.9. The molecule has 8 heteroatoms. The number of nitrogens with one attached hydrogen (secondary N) is 1. The smallest absolute Gasteiger partial charge is 0.256 e. The van der Waals surface area contributed by atoms with E-state index in [1.165, 1.54) is 17.4 Å². The summed E-state index contributed by atoms with van der Waals surface area (Å²) in [7, 11) is 0. The molecule has 0 unspecified atom stereocenters. The van der Waals surface area contributed by atoms with Crippen molar-refractivity contribution >= 4 is 62.0 Å². The number of aromatic nitrogens is 1. The van der Waals surface area contributed by atoms with Gasteiger partial charge in [-0.05, 0) is 57.0 Å². The molecule has 1 amide bonds. The minimum atomic E-state index is -0.174. The Labute approximate surface area is 213 Å². The molecule has 1 aliphatic heterocycles. The van der Waals surface area contributed by atoms with Crippen LogP contribution in [-0.4, -0.2) is 34.2 Å². The van der Waals surface area contributed by atoms with E-state index in [1.54, 1.807) is 46.9 Å². The molecule has 0 spiro atoms. The molecule has 176 valence electrons. The lowest BCUT2D eigenvalue weighted by atomic mass is 10.0. The van der Waals surface area contributed by atoms with Gasteiger partial charge in [-0.3, -0.25) is 14.5 Å². The molecule has 1 N–H and O–H groups in total. The quantitative estimate of drug-likeness (QED) is 0.304. The standard InChI is InChI=1S/C26H25N3O2S2.ClH/c1-15(2)29-13-12-19-22(14-29)33-26(23(19)25-27-20-6-4-5-7-21(20)32-25)28-24(31)18-10-8-17(9-11-18)16(3)30;/h4-11,15H,12-14H2,1-3H3,(H,28,31);1H. The fraction of sp³-hybridized carbons (Fsp3) is 0.269. The van der Waals surface area contributed by atoms with Crippen LogP contribution in [0.1, 0.15) is 51.9 Å². The van der Waals surface area contributed by atoms with Crippen LogP contribution < -0.4 is 5.32 Å². The molecular formula is C26H26ClN3O2S2. The molecule has 4 aromatic rings. The van der Waals surface area contributed by atoms with Crippen molar-refractivity contribution in [3.05, 3.63) is 70.1 Å². The number of hydrogen-bond acceptors (Lipinski definition) is 6. The number of fused-ring (bicyclic) bond motifs is 2. The molecule has 5 rings (SSSR count). The molecule has 0 fully saturated rings. The number of benzene rings is 2. The predicted octanol–water partition coefficient (Wildman–Crippen LogP) is 6.67. The molecule has 0 aliphatic carbocycles. The number of anilines is 1. The van der Waals surface area contributed by atoms with Crippen LogP contribution in [0.2, 0.25) is 0 Å². The maximum absolute atomic E-state index is 13.1. The summed E-state index contributed by atoms with van der Waals surface area (Å²) in [6.45, 7) is 7.86. The summed E-state index contributed by atoms with van der Waals surface area (Å²) in [4.78, 5) is 33.4. The zero-order valence-electron chi connectivity index (χ0n) is 19.3. The highest BCUT2D eigenvalue weighted by Crippen LogP contribution is 2.46. The van der Waals surface area contributed by atoms with Gasteiger partial charge in [-0.1, -0.05) is 24.3 Å². The minimum absolute atomic E-state index is 0. The van der Waals surface area contributed by atoms with Gasteiger partial charge in [0.05, 0.1) is 10.2 Å². The van der Waals surface area contributed by atoms with Crippen molar-refractivity contribution < 1.29 is 9.59 Å². The molecule has 0 saturated heterocycles. The lowest BCUT2D eigenvalue weighted by molar-refractivity contribution is 0.101. The maximum atomic E-state index is 13.1. The SMILES string of the molecule is CC(=O)c1ccc(C(=O)Nc2sc3c(c2-c2nc4ccccc4s2)CCN(C(C)C)C3)cc1.Cl. The van der Waals surface area contributed by atoms with Crippen molar-refractivity contribution in [2.75, 3.05) is 11.9 Å². The number of Topliss-reactive ketones (excluding diaryl/α,β-unsaturated/α-hetero) is 1. The average molecular weight is 512 g/mol. The van der Waals surface area contributed by atoms with E-state index in [0.717, 1.165) is 45.3 Å². The van der Waals surface area contributed by atoms with Crippen molar-refractivity contribution in [3.8, 4) is 10.6 Å². The van der Waals surface area contributed by atoms with E-state index < -0.39 is 0 Å². The van der Waals surface area contributed by atoms with Crippen LogP contribution in [0.5, 0.6) is 0 Å². The summed E-state index contributed by atoms with van der Waals surface area (Å²) in [5, 5.41) is 4.97. The predicted molar refractivity (Wildman–Crippen MR) is 144 cm³/mol. The van der Waals surface area contributed by atoms with Crippen LogP contribution in [0.15, 0.2) is 48.5 Å². The molecule has 5 nitrogen and oxygen atoms in total. The molecule has 2 aromatic carbocycles. The van der Waals surface area contributed by atoms with E-state index in [9.17, 15) is 9.59 Å². The van der Waals surface area contributed by atoms with E-state index in [2.05, 4.69) is 30.1 Å². The number of thiazole rings is 1. The van der Waals surface area contributed by atoms with E-state index >= 15 is 0 Å². The van der Waals surface area contributed by atoms with Gasteiger partial charge in [-0.25, -0.2) is 4.98 Å². The van der Waals surface area contributed by atoms with Crippen LogP contribution in [0.3, 0.4) is 0 Å². The van der Waals surface area contributed by atoms with Gasteiger partial charge < -0.3 is 5.32 Å². The fourth-order valence-corrected chi connectivity index (χ4v) is 6.57. The lowest BCUT2D eigenvalue weighted by Gasteiger charge is -2.30. The third-order valence-electron chi connectivity index (χ3n) is 6.11. The highest BCUT2D eigenvalue weighted by Gasteiger charge is 2.28. The zero-order valence-corrected chi connectivity index (χ0v) is 21.7. The number of nitrogens with zero attached hydrogens (tertiary/aromatic N) is 2. The fourth-order valence-electron chi connectivity index (χ4n) is 4.19. The minimum Gasteiger partial charge on any atom is -0.313 e. The molecule has 0 atom stereocenters. The van der Waals surface area contributed by atoms with Crippen LogP contribution in [-0.2, 0) is 13.0 Å². The van der Waals surface area contributed by atoms with E-state index in [4.69, 9.17) is 4.98 Å². The number of ketones is 1. The third-order valence-corrected chi connectivity index (χ3v) is 8.29. The van der Waals surface area contributed by atoms with Gasteiger partial charge in [0.25, 0.3) is 5.91 Å². The molecule has 0 saturated carbocycles. The molecule has 2 aromatic heterocycles. The van der Waals surface area contributed by atoms with Crippen LogP contribution in [0.4, 0.5) is 5.00 Å². The Morgan fingerprint density at radius 3 is 2.41 bits per heavy atom. The zero-order chi connectivity index (χ0) is 23.1. The van der Waals surface area contributed by atoms with Gasteiger partial charge in [-0.2, -0.15) is 0 Å². The number of amides is 1. The first-order valence-corrected chi connectivity index (χ1v) is 12.7. The highest BCUT2D eigenvalue weighted by molar-refractivity contribution is 7.23. The van der Waals surface area contributed by atoms with Gasteiger partial charge >= 0.3 is 0 Å². The molecule has 0 bridgehead atoms. The molecule has 34 heavy (non-hydrogen) atoms. The van der Waals surface area contributed by atoms with Crippen molar-refractivity contribution in [1.29, 1.82) is 0 Å². The maximum Gasteiger partial charge on any atom is 0.256 e. The second kappa shape index (κ2) is 9.96. The number of rotatable bonds is 5. The first kappa shape index (κ1) is 24.5. The second-order valence-electron chi connectivity index (χ2n) is 8.60. The molecule has 0 radical (unpaired) electrons. The van der Waals surface area contributed by atoms with Gasteiger partial charge in [0.2, 0.25) is 0 Å². The normalized spacial score (nSPS) is 13.5. The van der Waals surface area contributed by atoms with E-state index in [1.807, 2.05) is 18.2 Å². The molecular weight excluding hydrogens is 486 g/mol. The third kappa shape index (κ3) is 4.66. The second-order valence-corrected chi connectivity index (χ2v) is 10.7. The largest absolute Gasteiger partial charge is 0.313 e. The van der Waals surface area contributed by atoms with E-state index in [-0.39, 0.29) is 24.1 Å². The summed E-state index contributed by atoms with van der Waals surface area (Å²) in [5.74, 6) is -0.188. The number of carbonyl (C=O) groups excluding carboxylic acids is 2. The van der Waals surface area contributed by atoms with Crippen LogP contribution in [0.25, 0.3) is 20.8 Å².